The molecular weight excluding hydrogens is 270 g/mol. The summed E-state index contributed by atoms with van der Waals surface area (Å²) >= 11 is 0. The first-order chi connectivity index (χ1) is 9.97. The van der Waals surface area contributed by atoms with E-state index in [0.717, 1.165) is 12.8 Å². The van der Waals surface area contributed by atoms with Crippen molar-refractivity contribution in [2.24, 2.45) is 0 Å². The van der Waals surface area contributed by atoms with Crippen LogP contribution in [0.15, 0.2) is 28.9 Å². The maximum atomic E-state index is 12.6. The van der Waals surface area contributed by atoms with Gasteiger partial charge in [0.2, 0.25) is 0 Å². The quantitative estimate of drug-likeness (QED) is 0.906. The van der Waals surface area contributed by atoms with E-state index in [1.807, 2.05) is 0 Å². The van der Waals surface area contributed by atoms with E-state index < -0.39 is 5.60 Å². The number of aromatic amines is 1. The molecule has 1 amide bonds. The fourth-order valence-electron chi connectivity index (χ4n) is 2.88. The lowest BCUT2D eigenvalue weighted by Gasteiger charge is -2.33. The molecule has 0 radical (unpaired) electrons. The average molecular weight is 289 g/mol. The molecule has 6 heteroatoms. The fraction of sp³-hybridized carbons (Fsp3) is 0.467. The van der Waals surface area contributed by atoms with Crippen LogP contribution in [0.2, 0.25) is 0 Å². The molecule has 1 atom stereocenters. The van der Waals surface area contributed by atoms with Crippen molar-refractivity contribution < 1.29 is 14.3 Å². The zero-order chi connectivity index (χ0) is 15.0. The van der Waals surface area contributed by atoms with Crippen LogP contribution in [0.4, 0.5) is 0 Å². The molecular formula is C15H19N3O3. The van der Waals surface area contributed by atoms with E-state index >= 15 is 0 Å². The monoisotopic (exact) mass is 289 g/mol. The molecule has 2 aromatic heterocycles. The van der Waals surface area contributed by atoms with Gasteiger partial charge in [0, 0.05) is 12.6 Å². The molecule has 2 N–H and O–H groups in total. The second-order valence-corrected chi connectivity index (χ2v) is 5.95. The van der Waals surface area contributed by atoms with Crippen LogP contribution in [0.5, 0.6) is 0 Å². The maximum absolute atomic E-state index is 12.6. The van der Waals surface area contributed by atoms with Crippen molar-refractivity contribution in [2.45, 2.75) is 38.3 Å². The van der Waals surface area contributed by atoms with E-state index in [4.69, 9.17) is 4.42 Å². The fourth-order valence-corrected chi connectivity index (χ4v) is 2.88. The van der Waals surface area contributed by atoms with Gasteiger partial charge in [0.25, 0.3) is 5.91 Å². The van der Waals surface area contributed by atoms with Gasteiger partial charge in [0.1, 0.15) is 5.69 Å². The molecule has 0 saturated carbocycles. The Bertz CT molecular complexity index is 625. The lowest BCUT2D eigenvalue weighted by Crippen LogP contribution is -2.48. The molecule has 1 unspecified atom stereocenters. The highest BCUT2D eigenvalue weighted by molar-refractivity contribution is 5.93. The minimum atomic E-state index is -0.910. The minimum absolute atomic E-state index is 0.159. The molecule has 0 spiro atoms. The van der Waals surface area contributed by atoms with Gasteiger partial charge in [-0.2, -0.15) is 5.10 Å². The van der Waals surface area contributed by atoms with Crippen molar-refractivity contribution in [1.29, 1.82) is 0 Å². The normalized spacial score (nSPS) is 19.2. The second-order valence-electron chi connectivity index (χ2n) is 5.95. The molecule has 6 nitrogen and oxygen atoms in total. The first-order valence-electron chi connectivity index (χ1n) is 7.09. The van der Waals surface area contributed by atoms with E-state index in [1.54, 1.807) is 43.2 Å². The van der Waals surface area contributed by atoms with Crippen LogP contribution >= 0.6 is 0 Å². The Hall–Kier alpha value is -2.08. The zero-order valence-corrected chi connectivity index (χ0v) is 12.2. The molecule has 3 rings (SSSR count). The lowest BCUT2D eigenvalue weighted by atomic mass is 9.96. The smallest absolute Gasteiger partial charge is 0.274 e. The number of aromatic nitrogens is 2. The molecule has 2 aromatic rings. The van der Waals surface area contributed by atoms with Gasteiger partial charge in [-0.3, -0.25) is 9.89 Å². The van der Waals surface area contributed by atoms with Crippen molar-refractivity contribution in [2.75, 3.05) is 6.54 Å². The van der Waals surface area contributed by atoms with Gasteiger partial charge in [-0.05, 0) is 38.8 Å². The molecule has 1 fully saturated rings. The Labute approximate surface area is 122 Å². The number of amides is 1. The standard InChI is InChI=1S/C15H19N3O3/c1-15(2,20)13-6-3-7-18(13)14(19)11-9-10(16-17-11)12-5-4-8-21-12/h4-5,8-9,13,20H,3,6-7H2,1-2H3,(H,16,17). The highest BCUT2D eigenvalue weighted by atomic mass is 16.3. The van der Waals surface area contributed by atoms with Gasteiger partial charge in [-0.25, -0.2) is 0 Å². The van der Waals surface area contributed by atoms with Crippen molar-refractivity contribution in [1.82, 2.24) is 15.1 Å². The van der Waals surface area contributed by atoms with Gasteiger partial charge in [-0.1, -0.05) is 0 Å². The number of nitrogens with one attached hydrogen (secondary N) is 1. The molecule has 1 aliphatic heterocycles. The van der Waals surface area contributed by atoms with Crippen molar-refractivity contribution in [3.63, 3.8) is 0 Å². The first-order valence-corrected chi connectivity index (χ1v) is 7.09. The number of aliphatic hydroxyl groups is 1. The summed E-state index contributed by atoms with van der Waals surface area (Å²) in [4.78, 5) is 14.3. The van der Waals surface area contributed by atoms with Crippen molar-refractivity contribution >= 4 is 5.91 Å². The summed E-state index contributed by atoms with van der Waals surface area (Å²) in [6.45, 7) is 4.13. The third-order valence-electron chi connectivity index (χ3n) is 3.91. The number of furan rings is 1. The predicted octanol–water partition coefficient (Wildman–Crippen LogP) is 2.05. The Kier molecular flexibility index (Phi) is 3.33. The van der Waals surface area contributed by atoms with E-state index in [-0.39, 0.29) is 11.9 Å². The summed E-state index contributed by atoms with van der Waals surface area (Å²) < 4.78 is 5.28. The number of rotatable bonds is 3. The van der Waals surface area contributed by atoms with Crippen LogP contribution in [0.1, 0.15) is 37.2 Å². The Morgan fingerprint density at radius 3 is 3.05 bits per heavy atom. The molecule has 1 aliphatic rings. The number of carbonyl (C=O) groups excluding carboxylic acids is 1. The van der Waals surface area contributed by atoms with Crippen LogP contribution in [0, 0.1) is 0 Å². The third kappa shape index (κ3) is 2.58. The Balaban J connectivity index is 1.82. The molecule has 0 aliphatic carbocycles. The van der Waals surface area contributed by atoms with E-state index in [9.17, 15) is 9.90 Å². The van der Waals surface area contributed by atoms with Gasteiger partial charge in [0.05, 0.1) is 17.9 Å². The number of H-pyrrole nitrogens is 1. The number of nitrogens with zero attached hydrogens (tertiary/aromatic N) is 2. The number of likely N-dealkylation sites (tertiary alicyclic amines) is 1. The summed E-state index contributed by atoms with van der Waals surface area (Å²) in [6, 6.07) is 5.09. The number of carbonyl (C=O) groups is 1. The Morgan fingerprint density at radius 2 is 2.38 bits per heavy atom. The van der Waals surface area contributed by atoms with Gasteiger partial charge in [-0.15, -0.1) is 0 Å². The highest BCUT2D eigenvalue weighted by Crippen LogP contribution is 2.28. The summed E-state index contributed by atoms with van der Waals surface area (Å²) in [5.41, 5.74) is 0.103. The second kappa shape index (κ2) is 5.04. The summed E-state index contributed by atoms with van der Waals surface area (Å²) in [7, 11) is 0. The van der Waals surface area contributed by atoms with Crippen molar-refractivity contribution in [3.05, 3.63) is 30.2 Å². The molecule has 21 heavy (non-hydrogen) atoms. The third-order valence-corrected chi connectivity index (χ3v) is 3.91. The molecule has 1 saturated heterocycles. The van der Waals surface area contributed by atoms with Gasteiger partial charge in [0.15, 0.2) is 11.5 Å². The van der Waals surface area contributed by atoms with Gasteiger partial charge >= 0.3 is 0 Å². The Morgan fingerprint density at radius 1 is 1.57 bits per heavy atom. The van der Waals surface area contributed by atoms with Crippen LogP contribution < -0.4 is 0 Å². The van der Waals surface area contributed by atoms with Crippen LogP contribution in [0.3, 0.4) is 0 Å². The minimum Gasteiger partial charge on any atom is -0.463 e. The molecule has 0 aromatic carbocycles. The van der Waals surface area contributed by atoms with E-state index in [0.29, 0.717) is 23.7 Å². The molecule has 0 bridgehead atoms. The maximum Gasteiger partial charge on any atom is 0.274 e. The summed E-state index contributed by atoms with van der Waals surface area (Å²) in [5, 5.41) is 17.1. The van der Waals surface area contributed by atoms with Crippen LogP contribution in [-0.2, 0) is 0 Å². The van der Waals surface area contributed by atoms with E-state index in [2.05, 4.69) is 10.2 Å². The molecule has 3 heterocycles. The van der Waals surface area contributed by atoms with Gasteiger partial charge < -0.3 is 14.4 Å². The summed E-state index contributed by atoms with van der Waals surface area (Å²) in [5.74, 6) is 0.482. The van der Waals surface area contributed by atoms with Crippen LogP contribution in [-0.4, -0.2) is 44.3 Å². The lowest BCUT2D eigenvalue weighted by molar-refractivity contribution is 0.000117. The summed E-state index contributed by atoms with van der Waals surface area (Å²) in [6.07, 6.45) is 3.28. The van der Waals surface area contributed by atoms with Crippen LogP contribution in [0.25, 0.3) is 11.5 Å². The van der Waals surface area contributed by atoms with E-state index in [1.165, 1.54) is 0 Å². The molecule has 112 valence electrons. The SMILES string of the molecule is CC(C)(O)C1CCCN1C(=O)c1cc(-c2ccco2)[nH]n1. The predicted molar refractivity (Wildman–Crippen MR) is 76.6 cm³/mol. The van der Waals surface area contributed by atoms with Crippen molar-refractivity contribution in [3.8, 4) is 11.5 Å². The first kappa shape index (κ1) is 13.9. The largest absolute Gasteiger partial charge is 0.463 e. The topological polar surface area (TPSA) is 82.4 Å². The average Bonchev–Trinajstić information content (AvgIpc) is 3.16. The highest BCUT2D eigenvalue weighted by Gasteiger charge is 2.39. The zero-order valence-electron chi connectivity index (χ0n) is 12.2. The number of hydrogen-bond donors (Lipinski definition) is 2. The number of hydrogen-bond acceptors (Lipinski definition) is 4.